The lowest BCUT2D eigenvalue weighted by molar-refractivity contribution is 0.0681. The summed E-state index contributed by atoms with van der Waals surface area (Å²) < 4.78 is 5.87. The molecule has 1 aromatic carbocycles. The summed E-state index contributed by atoms with van der Waals surface area (Å²) in [6.45, 7) is 0. The number of amides is 1. The van der Waals surface area contributed by atoms with E-state index in [-0.39, 0.29) is 18.3 Å². The number of hydrogen-bond donors (Lipinski definition) is 1. The maximum absolute atomic E-state index is 12.7. The smallest absolute Gasteiger partial charge is 0.253 e. The summed E-state index contributed by atoms with van der Waals surface area (Å²) in [5.41, 5.74) is 0.763. The molecule has 0 aromatic heterocycles. The first-order valence-electron chi connectivity index (χ1n) is 8.99. The van der Waals surface area contributed by atoms with Gasteiger partial charge in [0.2, 0.25) is 0 Å². The first-order chi connectivity index (χ1) is 11.2. The highest BCUT2D eigenvalue weighted by molar-refractivity contribution is 5.94. The maximum Gasteiger partial charge on any atom is 0.253 e. The van der Waals surface area contributed by atoms with Gasteiger partial charge in [0.1, 0.15) is 5.75 Å². The third-order valence-corrected chi connectivity index (χ3v) is 5.77. The lowest BCUT2D eigenvalue weighted by Crippen LogP contribution is -2.48. The third kappa shape index (κ3) is 3.55. The van der Waals surface area contributed by atoms with Crippen LogP contribution >= 0.6 is 12.4 Å². The maximum atomic E-state index is 12.7. The van der Waals surface area contributed by atoms with E-state index in [0.717, 1.165) is 37.0 Å². The van der Waals surface area contributed by atoms with E-state index in [1.165, 1.54) is 19.3 Å². The van der Waals surface area contributed by atoms with Crippen molar-refractivity contribution in [3.05, 3.63) is 29.8 Å². The second kappa shape index (κ2) is 7.32. The normalized spacial score (nSPS) is 28.6. The zero-order valence-electron chi connectivity index (χ0n) is 14.2. The molecular formula is C19H27ClN2O2. The Hall–Kier alpha value is -1.26. The Morgan fingerprint density at radius 1 is 1.08 bits per heavy atom. The summed E-state index contributed by atoms with van der Waals surface area (Å²) in [6, 6.07) is 9.26. The Morgan fingerprint density at radius 3 is 2.25 bits per heavy atom. The molecule has 3 aliphatic rings. The van der Waals surface area contributed by atoms with Crippen LogP contribution in [0, 0.1) is 0 Å². The average Bonchev–Trinajstić information content (AvgIpc) is 2.88. The topological polar surface area (TPSA) is 41.6 Å². The van der Waals surface area contributed by atoms with Gasteiger partial charge in [0, 0.05) is 30.7 Å². The van der Waals surface area contributed by atoms with E-state index in [4.69, 9.17) is 4.74 Å². The zero-order valence-corrected chi connectivity index (χ0v) is 15.1. The second-order valence-electron chi connectivity index (χ2n) is 7.37. The standard InChI is InChI=1S/C19H26N2O2.ClH/c1-21(16-11-14-7-8-15(12-16)20-14)19(22)13-5-9-18(10-6-13)23-17-3-2-4-17;/h5-6,9-10,14-17,20H,2-4,7-8,11-12H2,1H3;1H. The van der Waals surface area contributed by atoms with Crippen molar-refractivity contribution in [2.45, 2.75) is 69.2 Å². The summed E-state index contributed by atoms with van der Waals surface area (Å²) in [6.07, 6.45) is 8.65. The molecule has 2 atom stereocenters. The van der Waals surface area contributed by atoms with Crippen LogP contribution in [-0.4, -0.2) is 42.1 Å². The number of carbonyl (C=O) groups excluding carboxylic acids is 1. The van der Waals surface area contributed by atoms with Gasteiger partial charge in [0.25, 0.3) is 5.91 Å². The van der Waals surface area contributed by atoms with E-state index in [0.29, 0.717) is 24.2 Å². The minimum atomic E-state index is 0. The lowest BCUT2D eigenvalue weighted by atomic mass is 9.96. The van der Waals surface area contributed by atoms with Crippen LogP contribution < -0.4 is 10.1 Å². The largest absolute Gasteiger partial charge is 0.490 e. The molecule has 4 nitrogen and oxygen atoms in total. The molecule has 24 heavy (non-hydrogen) atoms. The molecule has 2 heterocycles. The lowest BCUT2D eigenvalue weighted by Gasteiger charge is -2.35. The minimum Gasteiger partial charge on any atom is -0.490 e. The van der Waals surface area contributed by atoms with E-state index in [9.17, 15) is 4.79 Å². The first kappa shape index (κ1) is 17.6. The molecule has 2 aliphatic heterocycles. The van der Waals surface area contributed by atoms with E-state index < -0.39 is 0 Å². The molecule has 2 unspecified atom stereocenters. The van der Waals surface area contributed by atoms with Crippen molar-refractivity contribution in [1.29, 1.82) is 0 Å². The third-order valence-electron chi connectivity index (χ3n) is 5.77. The fourth-order valence-electron chi connectivity index (χ4n) is 4.07. The van der Waals surface area contributed by atoms with Gasteiger partial charge in [-0.05, 0) is 69.2 Å². The molecule has 132 valence electrons. The summed E-state index contributed by atoms with van der Waals surface area (Å²) >= 11 is 0. The number of nitrogens with zero attached hydrogens (tertiary/aromatic N) is 1. The Morgan fingerprint density at radius 2 is 1.71 bits per heavy atom. The van der Waals surface area contributed by atoms with Gasteiger partial charge in [-0.3, -0.25) is 4.79 Å². The van der Waals surface area contributed by atoms with Crippen LogP contribution in [0.4, 0.5) is 0 Å². The van der Waals surface area contributed by atoms with Gasteiger partial charge in [0.15, 0.2) is 0 Å². The summed E-state index contributed by atoms with van der Waals surface area (Å²) in [5.74, 6) is 1.01. The highest BCUT2D eigenvalue weighted by Crippen LogP contribution is 2.30. The van der Waals surface area contributed by atoms with Crippen molar-refractivity contribution in [2.75, 3.05) is 7.05 Å². The molecule has 5 heteroatoms. The highest BCUT2D eigenvalue weighted by atomic mass is 35.5. The number of rotatable bonds is 4. The molecule has 3 fully saturated rings. The molecule has 1 N–H and O–H groups in total. The van der Waals surface area contributed by atoms with E-state index in [2.05, 4.69) is 5.32 Å². The Balaban J connectivity index is 0.00000169. The molecule has 1 saturated carbocycles. The van der Waals surface area contributed by atoms with Crippen molar-refractivity contribution in [3.8, 4) is 5.75 Å². The minimum absolute atomic E-state index is 0. The molecule has 1 amide bonds. The second-order valence-corrected chi connectivity index (χ2v) is 7.37. The number of carbonyl (C=O) groups is 1. The quantitative estimate of drug-likeness (QED) is 0.905. The predicted octanol–water partition coefficient (Wildman–Crippen LogP) is 3.39. The van der Waals surface area contributed by atoms with Gasteiger partial charge in [-0.15, -0.1) is 12.4 Å². The van der Waals surface area contributed by atoms with Crippen LogP contribution in [0.25, 0.3) is 0 Å². The van der Waals surface area contributed by atoms with Crippen molar-refractivity contribution >= 4 is 18.3 Å². The molecule has 4 rings (SSSR count). The molecule has 1 aromatic rings. The summed E-state index contributed by atoms with van der Waals surface area (Å²) in [5, 5.41) is 3.64. The number of halogens is 1. The fourth-order valence-corrected chi connectivity index (χ4v) is 4.07. The monoisotopic (exact) mass is 350 g/mol. The van der Waals surface area contributed by atoms with Crippen LogP contribution in [0.2, 0.25) is 0 Å². The predicted molar refractivity (Wildman–Crippen MR) is 97.0 cm³/mol. The van der Waals surface area contributed by atoms with Crippen molar-refractivity contribution < 1.29 is 9.53 Å². The van der Waals surface area contributed by atoms with Gasteiger partial charge in [-0.25, -0.2) is 0 Å². The molecular weight excluding hydrogens is 324 g/mol. The van der Waals surface area contributed by atoms with E-state index >= 15 is 0 Å². The van der Waals surface area contributed by atoms with Crippen LogP contribution in [-0.2, 0) is 0 Å². The average molecular weight is 351 g/mol. The van der Waals surface area contributed by atoms with Crippen LogP contribution in [0.5, 0.6) is 5.75 Å². The van der Waals surface area contributed by atoms with Crippen molar-refractivity contribution in [3.63, 3.8) is 0 Å². The van der Waals surface area contributed by atoms with Gasteiger partial charge in [-0.1, -0.05) is 0 Å². The molecule has 0 radical (unpaired) electrons. The molecule has 2 bridgehead atoms. The molecule has 1 aliphatic carbocycles. The number of nitrogens with one attached hydrogen (secondary N) is 1. The Bertz CT molecular complexity index is 561. The number of piperidine rings is 1. The zero-order chi connectivity index (χ0) is 15.8. The molecule has 0 spiro atoms. The number of hydrogen-bond acceptors (Lipinski definition) is 3. The van der Waals surface area contributed by atoms with Gasteiger partial charge in [-0.2, -0.15) is 0 Å². The Labute approximate surface area is 150 Å². The number of fused-ring (bicyclic) bond motifs is 2. The Kier molecular flexibility index (Phi) is 5.36. The van der Waals surface area contributed by atoms with Crippen molar-refractivity contribution in [2.24, 2.45) is 0 Å². The van der Waals surface area contributed by atoms with Gasteiger partial charge < -0.3 is 15.0 Å². The summed E-state index contributed by atoms with van der Waals surface area (Å²) in [4.78, 5) is 14.7. The van der Waals surface area contributed by atoms with Crippen molar-refractivity contribution in [1.82, 2.24) is 10.2 Å². The fraction of sp³-hybridized carbons (Fsp3) is 0.632. The molecule has 2 saturated heterocycles. The van der Waals surface area contributed by atoms with Gasteiger partial charge in [0.05, 0.1) is 6.10 Å². The van der Waals surface area contributed by atoms with Crippen LogP contribution in [0.15, 0.2) is 24.3 Å². The van der Waals surface area contributed by atoms with E-state index in [1.54, 1.807) is 0 Å². The summed E-state index contributed by atoms with van der Waals surface area (Å²) in [7, 11) is 1.95. The number of benzene rings is 1. The first-order valence-corrected chi connectivity index (χ1v) is 8.99. The van der Waals surface area contributed by atoms with Crippen LogP contribution in [0.1, 0.15) is 55.3 Å². The van der Waals surface area contributed by atoms with Crippen LogP contribution in [0.3, 0.4) is 0 Å². The SMILES string of the molecule is CN(C(=O)c1ccc(OC2CCC2)cc1)C1CC2CCC(C1)N2.Cl. The van der Waals surface area contributed by atoms with Gasteiger partial charge >= 0.3 is 0 Å². The number of ether oxygens (including phenoxy) is 1. The van der Waals surface area contributed by atoms with E-state index in [1.807, 2.05) is 36.2 Å². The highest BCUT2D eigenvalue weighted by Gasteiger charge is 2.36.